The molecule has 1 atom stereocenters. The van der Waals surface area contributed by atoms with Gasteiger partial charge < -0.3 is 19.6 Å². The van der Waals surface area contributed by atoms with Crippen molar-refractivity contribution in [2.45, 2.75) is 6.10 Å². The summed E-state index contributed by atoms with van der Waals surface area (Å²) in [7, 11) is 2.58. The van der Waals surface area contributed by atoms with Gasteiger partial charge in [-0.2, -0.15) is 0 Å². The Morgan fingerprint density at radius 2 is 1.95 bits per heavy atom. The van der Waals surface area contributed by atoms with Gasteiger partial charge in [-0.15, -0.1) is 0 Å². The molecule has 1 unspecified atom stereocenters. The second-order valence-corrected chi connectivity index (χ2v) is 4.17. The van der Waals surface area contributed by atoms with E-state index in [1.807, 2.05) is 6.07 Å². The van der Waals surface area contributed by atoms with Gasteiger partial charge in [0.15, 0.2) is 5.69 Å². The minimum Gasteiger partial charge on any atom is -0.501 e. The molecule has 0 amide bonds. The summed E-state index contributed by atoms with van der Waals surface area (Å²) in [6, 6.07) is 9.03. The van der Waals surface area contributed by atoms with Crippen molar-refractivity contribution in [2.24, 2.45) is 0 Å². The number of hydrogen-bond acceptors (Lipinski definition) is 6. The van der Waals surface area contributed by atoms with Crippen LogP contribution in [0.15, 0.2) is 35.1 Å². The first kappa shape index (κ1) is 14.7. The molecule has 0 saturated heterocycles. The summed E-state index contributed by atoms with van der Waals surface area (Å²) < 4.78 is 9.81. The normalized spacial score (nSPS) is 11.9. The second kappa shape index (κ2) is 6.19. The average molecular weight is 290 g/mol. The summed E-state index contributed by atoms with van der Waals surface area (Å²) >= 11 is 0. The summed E-state index contributed by atoms with van der Waals surface area (Å²) in [5, 5.41) is 9.60. The Labute approximate surface area is 120 Å². The van der Waals surface area contributed by atoms with E-state index in [0.29, 0.717) is 0 Å². The number of nitrogens with one attached hydrogen (secondary N) is 1. The number of ether oxygens (including phenoxy) is 2. The standard InChI is InChI=1S/C14H14N2O5/c1-20-11(8-6-4-3-5-7-8)12-15-9(14(19)21-2)10(17)13(18)16-12/h3-7,11,17H,1-2H3,(H,15,16,18). The van der Waals surface area contributed by atoms with Gasteiger partial charge in [0, 0.05) is 7.11 Å². The molecule has 1 aromatic carbocycles. The van der Waals surface area contributed by atoms with Crippen molar-refractivity contribution in [3.8, 4) is 5.75 Å². The molecule has 110 valence electrons. The molecule has 0 aliphatic rings. The highest BCUT2D eigenvalue weighted by Crippen LogP contribution is 2.23. The zero-order valence-electron chi connectivity index (χ0n) is 11.5. The van der Waals surface area contributed by atoms with E-state index in [9.17, 15) is 14.7 Å². The van der Waals surface area contributed by atoms with E-state index in [4.69, 9.17) is 4.74 Å². The second-order valence-electron chi connectivity index (χ2n) is 4.17. The van der Waals surface area contributed by atoms with E-state index >= 15 is 0 Å². The van der Waals surface area contributed by atoms with Crippen LogP contribution in [-0.4, -0.2) is 35.3 Å². The minimum atomic E-state index is -0.900. The molecule has 21 heavy (non-hydrogen) atoms. The predicted molar refractivity (Wildman–Crippen MR) is 73.2 cm³/mol. The largest absolute Gasteiger partial charge is 0.501 e. The molecule has 2 rings (SSSR count). The fourth-order valence-electron chi connectivity index (χ4n) is 1.88. The number of nitrogens with zero attached hydrogens (tertiary/aromatic N) is 1. The highest BCUT2D eigenvalue weighted by atomic mass is 16.5. The molecule has 7 heteroatoms. The van der Waals surface area contributed by atoms with Crippen molar-refractivity contribution in [1.82, 2.24) is 9.97 Å². The Morgan fingerprint density at radius 1 is 1.29 bits per heavy atom. The molecule has 0 aliphatic carbocycles. The molecule has 0 spiro atoms. The molecule has 2 aromatic rings. The first-order valence-electron chi connectivity index (χ1n) is 6.07. The number of carbonyl (C=O) groups excluding carboxylic acids is 1. The van der Waals surface area contributed by atoms with E-state index < -0.39 is 29.1 Å². The van der Waals surface area contributed by atoms with E-state index in [1.54, 1.807) is 24.3 Å². The maximum atomic E-state index is 11.7. The van der Waals surface area contributed by atoms with Crippen LogP contribution in [0.1, 0.15) is 28.0 Å². The fraction of sp³-hybridized carbons (Fsp3) is 0.214. The Bertz CT molecular complexity index is 696. The summed E-state index contributed by atoms with van der Waals surface area (Å²) in [6.45, 7) is 0. The fourth-order valence-corrected chi connectivity index (χ4v) is 1.88. The van der Waals surface area contributed by atoms with Crippen LogP contribution in [0.4, 0.5) is 0 Å². The van der Waals surface area contributed by atoms with E-state index in [2.05, 4.69) is 14.7 Å². The van der Waals surface area contributed by atoms with Gasteiger partial charge in [-0.3, -0.25) is 4.79 Å². The molecule has 1 aromatic heterocycles. The number of methoxy groups -OCH3 is 2. The van der Waals surface area contributed by atoms with Crippen molar-refractivity contribution in [3.63, 3.8) is 0 Å². The van der Waals surface area contributed by atoms with Crippen LogP contribution < -0.4 is 5.56 Å². The van der Waals surface area contributed by atoms with Crippen molar-refractivity contribution < 1.29 is 19.4 Å². The minimum absolute atomic E-state index is 0.104. The number of aromatic nitrogens is 2. The zero-order valence-corrected chi connectivity index (χ0v) is 11.5. The highest BCUT2D eigenvalue weighted by molar-refractivity contribution is 5.89. The van der Waals surface area contributed by atoms with Crippen LogP contribution in [0.2, 0.25) is 0 Å². The number of hydrogen-bond donors (Lipinski definition) is 2. The molecule has 0 bridgehead atoms. The Hall–Kier alpha value is -2.67. The maximum absolute atomic E-state index is 11.7. The number of esters is 1. The van der Waals surface area contributed by atoms with Gasteiger partial charge in [-0.05, 0) is 5.56 Å². The van der Waals surface area contributed by atoms with Gasteiger partial charge in [0.25, 0.3) is 5.56 Å². The van der Waals surface area contributed by atoms with E-state index in [0.717, 1.165) is 12.7 Å². The van der Waals surface area contributed by atoms with Crippen molar-refractivity contribution in [1.29, 1.82) is 0 Å². The van der Waals surface area contributed by atoms with Gasteiger partial charge in [-0.1, -0.05) is 30.3 Å². The number of rotatable bonds is 4. The van der Waals surface area contributed by atoms with Crippen molar-refractivity contribution in [2.75, 3.05) is 14.2 Å². The van der Waals surface area contributed by atoms with Crippen LogP contribution in [0, 0.1) is 0 Å². The molecule has 1 heterocycles. The monoisotopic (exact) mass is 290 g/mol. The maximum Gasteiger partial charge on any atom is 0.360 e. The molecular formula is C14H14N2O5. The molecule has 7 nitrogen and oxygen atoms in total. The van der Waals surface area contributed by atoms with Gasteiger partial charge in [-0.25, -0.2) is 9.78 Å². The van der Waals surface area contributed by atoms with Crippen LogP contribution in [0.25, 0.3) is 0 Å². The zero-order chi connectivity index (χ0) is 15.4. The van der Waals surface area contributed by atoms with Gasteiger partial charge in [0.2, 0.25) is 5.75 Å². The summed E-state index contributed by atoms with van der Waals surface area (Å²) in [5.41, 5.74) is -0.544. The number of aromatic hydroxyl groups is 1. The summed E-state index contributed by atoms with van der Waals surface area (Å²) in [4.78, 5) is 29.6. The first-order valence-corrected chi connectivity index (χ1v) is 6.07. The summed E-state index contributed by atoms with van der Waals surface area (Å²) in [6.07, 6.45) is -0.678. The smallest absolute Gasteiger partial charge is 0.360 e. The topological polar surface area (TPSA) is 102 Å². The number of benzene rings is 1. The third-order valence-corrected chi connectivity index (χ3v) is 2.88. The van der Waals surface area contributed by atoms with E-state index in [1.165, 1.54) is 7.11 Å². The van der Waals surface area contributed by atoms with Gasteiger partial charge in [0.05, 0.1) is 7.11 Å². The number of H-pyrrole nitrogens is 1. The molecule has 0 fully saturated rings. The third kappa shape index (κ3) is 2.92. The quantitative estimate of drug-likeness (QED) is 0.814. The van der Waals surface area contributed by atoms with Crippen LogP contribution in [-0.2, 0) is 9.47 Å². The Morgan fingerprint density at radius 3 is 2.52 bits per heavy atom. The van der Waals surface area contributed by atoms with Crippen molar-refractivity contribution >= 4 is 5.97 Å². The summed E-state index contributed by atoms with van der Waals surface area (Å²) in [5.74, 6) is -1.58. The molecule has 0 radical (unpaired) electrons. The lowest BCUT2D eigenvalue weighted by Crippen LogP contribution is -2.21. The molecule has 2 N–H and O–H groups in total. The van der Waals surface area contributed by atoms with Crippen molar-refractivity contribution in [3.05, 3.63) is 57.8 Å². The lowest BCUT2D eigenvalue weighted by atomic mass is 10.1. The Balaban J connectivity index is 2.55. The van der Waals surface area contributed by atoms with Crippen LogP contribution in [0.3, 0.4) is 0 Å². The third-order valence-electron chi connectivity index (χ3n) is 2.88. The lowest BCUT2D eigenvalue weighted by molar-refractivity contribution is 0.0587. The van der Waals surface area contributed by atoms with Crippen LogP contribution >= 0.6 is 0 Å². The molecule has 0 saturated carbocycles. The molecular weight excluding hydrogens is 276 g/mol. The molecule has 0 aliphatic heterocycles. The van der Waals surface area contributed by atoms with Crippen LogP contribution in [0.5, 0.6) is 5.75 Å². The lowest BCUT2D eigenvalue weighted by Gasteiger charge is -2.15. The van der Waals surface area contributed by atoms with Gasteiger partial charge in [0.1, 0.15) is 11.9 Å². The Kier molecular flexibility index (Phi) is 4.34. The first-order chi connectivity index (χ1) is 10.1. The number of carbonyl (C=O) groups is 1. The number of aromatic amines is 1. The van der Waals surface area contributed by atoms with Gasteiger partial charge >= 0.3 is 5.97 Å². The predicted octanol–water partition coefficient (Wildman–Crippen LogP) is 0.998. The SMILES string of the molecule is COC(=O)c1nc(C(OC)c2ccccc2)[nH]c(=O)c1O. The highest BCUT2D eigenvalue weighted by Gasteiger charge is 2.23. The van der Waals surface area contributed by atoms with E-state index in [-0.39, 0.29) is 5.82 Å². The average Bonchev–Trinajstić information content (AvgIpc) is 2.51.